The van der Waals surface area contributed by atoms with Crippen LogP contribution in [0.5, 0.6) is 0 Å². The molecular formula is C16H12KN3O4S. The predicted molar refractivity (Wildman–Crippen MR) is 88.3 cm³/mol. The minimum atomic E-state index is -1.14. The maximum Gasteiger partial charge on any atom is 1.00 e. The first-order valence-electron chi connectivity index (χ1n) is 6.80. The average Bonchev–Trinajstić information content (AvgIpc) is 3.08. The molecule has 0 aliphatic heterocycles. The van der Waals surface area contributed by atoms with Gasteiger partial charge in [0.1, 0.15) is 5.01 Å². The fraction of sp³-hybridized carbons (Fsp3) is 0.0625. The molecule has 9 heteroatoms. The van der Waals surface area contributed by atoms with Crippen molar-refractivity contribution >= 4 is 23.3 Å². The van der Waals surface area contributed by atoms with Gasteiger partial charge in [-0.1, -0.05) is 0 Å². The van der Waals surface area contributed by atoms with Gasteiger partial charge in [0.2, 0.25) is 0 Å². The van der Waals surface area contributed by atoms with Crippen LogP contribution in [0.25, 0.3) is 21.8 Å². The minimum Gasteiger partial charge on any atom is -1.00 e. The summed E-state index contributed by atoms with van der Waals surface area (Å²) in [6.45, 7) is 1.63. The molecule has 3 rings (SSSR count). The molecule has 7 nitrogen and oxygen atoms in total. The standard InChI is InChI=1S/C16H11N3O4S.K.H/c1-8-5-17-6-11(13(8)16(22)23)12-4-9(15(20)21)10(7-19-12)14-18-2-3-24-14;;/h2-7H,1H3,(H,20,21)(H,22,23);;/q;+1;-1. The molecule has 122 valence electrons. The quantitative estimate of drug-likeness (QED) is 0.616. The molecule has 0 saturated heterocycles. The topological polar surface area (TPSA) is 113 Å². The molecule has 0 aromatic carbocycles. The largest absolute Gasteiger partial charge is 1.00 e. The Morgan fingerprint density at radius 1 is 1.08 bits per heavy atom. The smallest absolute Gasteiger partial charge is 1.00 e. The first kappa shape index (κ1) is 19.8. The van der Waals surface area contributed by atoms with E-state index in [1.54, 1.807) is 18.5 Å². The van der Waals surface area contributed by atoms with Crippen LogP contribution in [0, 0.1) is 6.92 Å². The van der Waals surface area contributed by atoms with E-state index in [2.05, 4.69) is 15.0 Å². The number of carboxylic acids is 2. The number of carbonyl (C=O) groups is 2. The molecule has 25 heavy (non-hydrogen) atoms. The minimum absolute atomic E-state index is 0. The van der Waals surface area contributed by atoms with E-state index < -0.39 is 11.9 Å². The van der Waals surface area contributed by atoms with Gasteiger partial charge in [0.05, 0.1) is 16.8 Å². The van der Waals surface area contributed by atoms with E-state index in [-0.39, 0.29) is 75.2 Å². The van der Waals surface area contributed by atoms with Crippen LogP contribution in [0.4, 0.5) is 0 Å². The number of aromatic carboxylic acids is 2. The fourth-order valence-corrected chi connectivity index (χ4v) is 3.01. The van der Waals surface area contributed by atoms with Gasteiger partial charge in [-0.05, 0) is 18.6 Å². The second-order valence-electron chi connectivity index (χ2n) is 4.94. The Labute approximate surface area is 190 Å². The first-order chi connectivity index (χ1) is 11.5. The van der Waals surface area contributed by atoms with Crippen LogP contribution in [-0.4, -0.2) is 37.1 Å². The molecule has 0 unspecified atom stereocenters. The van der Waals surface area contributed by atoms with Gasteiger partial charge in [-0.3, -0.25) is 9.97 Å². The Morgan fingerprint density at radius 2 is 1.84 bits per heavy atom. The van der Waals surface area contributed by atoms with Crippen molar-refractivity contribution in [2.75, 3.05) is 0 Å². The molecule has 3 aromatic rings. The Morgan fingerprint density at radius 3 is 2.44 bits per heavy atom. The molecule has 3 heterocycles. The number of aryl methyl sites for hydroxylation is 1. The average molecular weight is 381 g/mol. The maximum atomic E-state index is 11.6. The third kappa shape index (κ3) is 4.02. The zero-order valence-corrected chi connectivity index (χ0v) is 17.4. The first-order valence-corrected chi connectivity index (χ1v) is 7.68. The summed E-state index contributed by atoms with van der Waals surface area (Å²) >= 11 is 1.30. The summed E-state index contributed by atoms with van der Waals surface area (Å²) in [4.78, 5) is 35.4. The van der Waals surface area contributed by atoms with Gasteiger partial charge >= 0.3 is 63.3 Å². The third-order valence-electron chi connectivity index (χ3n) is 3.42. The number of nitrogens with zero attached hydrogens (tertiary/aromatic N) is 3. The second kappa shape index (κ2) is 8.26. The summed E-state index contributed by atoms with van der Waals surface area (Å²) in [5.74, 6) is -2.26. The summed E-state index contributed by atoms with van der Waals surface area (Å²) in [5.41, 5.74) is 1.43. The van der Waals surface area contributed by atoms with E-state index >= 15 is 0 Å². The van der Waals surface area contributed by atoms with Crippen molar-refractivity contribution in [2.45, 2.75) is 6.92 Å². The van der Waals surface area contributed by atoms with Crippen molar-refractivity contribution in [1.29, 1.82) is 0 Å². The van der Waals surface area contributed by atoms with Crippen LogP contribution < -0.4 is 51.4 Å². The van der Waals surface area contributed by atoms with Crippen LogP contribution in [0.1, 0.15) is 27.7 Å². The Kier molecular flexibility index (Phi) is 6.55. The fourth-order valence-electron chi connectivity index (χ4n) is 2.35. The van der Waals surface area contributed by atoms with Crippen LogP contribution >= 0.6 is 11.3 Å². The summed E-state index contributed by atoms with van der Waals surface area (Å²) in [5, 5.41) is 21.2. The number of hydrogen-bond acceptors (Lipinski definition) is 6. The monoisotopic (exact) mass is 381 g/mol. The van der Waals surface area contributed by atoms with Gasteiger partial charge in [0.15, 0.2) is 0 Å². The molecule has 0 bridgehead atoms. The molecule has 0 spiro atoms. The molecule has 0 saturated carbocycles. The van der Waals surface area contributed by atoms with Gasteiger partial charge < -0.3 is 11.6 Å². The zero-order valence-electron chi connectivity index (χ0n) is 14.4. The molecule has 0 radical (unpaired) electrons. The Bertz CT molecular complexity index is 951. The second-order valence-corrected chi connectivity index (χ2v) is 5.84. The molecule has 0 amide bonds. The zero-order chi connectivity index (χ0) is 17.3. The third-order valence-corrected chi connectivity index (χ3v) is 4.23. The van der Waals surface area contributed by atoms with Gasteiger partial charge in [0, 0.05) is 41.3 Å². The summed E-state index contributed by atoms with van der Waals surface area (Å²) in [6, 6.07) is 1.35. The van der Waals surface area contributed by atoms with Gasteiger partial charge in [-0.15, -0.1) is 11.3 Å². The molecular weight excluding hydrogens is 369 g/mol. The van der Waals surface area contributed by atoms with Crippen molar-refractivity contribution in [3.05, 3.63) is 52.9 Å². The van der Waals surface area contributed by atoms with E-state index in [0.717, 1.165) is 0 Å². The molecule has 0 atom stereocenters. The van der Waals surface area contributed by atoms with Crippen molar-refractivity contribution in [3.8, 4) is 21.8 Å². The number of rotatable bonds is 4. The number of aromatic nitrogens is 3. The van der Waals surface area contributed by atoms with E-state index in [4.69, 9.17) is 0 Å². The van der Waals surface area contributed by atoms with E-state index in [9.17, 15) is 19.8 Å². The van der Waals surface area contributed by atoms with Crippen LogP contribution in [0.3, 0.4) is 0 Å². The summed E-state index contributed by atoms with van der Waals surface area (Å²) < 4.78 is 0. The normalized spacial score (nSPS) is 10.1. The predicted octanol–water partition coefficient (Wildman–Crippen LogP) is 0.0884. The maximum absolute atomic E-state index is 11.6. The van der Waals surface area contributed by atoms with Crippen LogP contribution in [0.2, 0.25) is 0 Å². The van der Waals surface area contributed by atoms with Crippen molar-refractivity contribution in [3.63, 3.8) is 0 Å². The molecule has 2 N–H and O–H groups in total. The summed E-state index contributed by atoms with van der Waals surface area (Å²) in [7, 11) is 0. The Hall–Kier alpha value is -1.49. The van der Waals surface area contributed by atoms with Crippen LogP contribution in [0.15, 0.2) is 36.2 Å². The summed E-state index contributed by atoms with van der Waals surface area (Å²) in [6.07, 6.45) is 5.78. The van der Waals surface area contributed by atoms with Crippen molar-refractivity contribution in [1.82, 2.24) is 15.0 Å². The van der Waals surface area contributed by atoms with E-state index in [0.29, 0.717) is 16.1 Å². The van der Waals surface area contributed by atoms with Gasteiger partial charge in [-0.25, -0.2) is 14.6 Å². The van der Waals surface area contributed by atoms with Crippen molar-refractivity contribution in [2.24, 2.45) is 0 Å². The SMILES string of the molecule is Cc1cncc(-c2cc(C(=O)O)c(-c3nccs3)cn2)c1C(=O)O.[H-].[K+]. The van der Waals surface area contributed by atoms with Gasteiger partial charge in [-0.2, -0.15) is 0 Å². The number of thiazole rings is 1. The molecule has 0 aliphatic carbocycles. The molecule has 3 aromatic heterocycles. The van der Waals surface area contributed by atoms with E-state index in [1.807, 2.05) is 0 Å². The molecule has 0 fully saturated rings. The van der Waals surface area contributed by atoms with Crippen molar-refractivity contribution < 1.29 is 72.6 Å². The van der Waals surface area contributed by atoms with Gasteiger partial charge in [0.25, 0.3) is 0 Å². The van der Waals surface area contributed by atoms with Crippen LogP contribution in [-0.2, 0) is 0 Å². The van der Waals surface area contributed by atoms with E-state index in [1.165, 1.54) is 36.0 Å². The Balaban J connectivity index is 0.00000169. The molecule has 0 aliphatic rings. The number of carboxylic acid groups (broad SMARTS) is 2. The number of hydrogen-bond donors (Lipinski definition) is 2. The number of pyridine rings is 2.